The Hall–Kier alpha value is -7.43. The van der Waals surface area contributed by atoms with Gasteiger partial charge in [-0.05, 0) is 87.5 Å². The van der Waals surface area contributed by atoms with Crippen LogP contribution in [0.25, 0.3) is 77.9 Å². The first-order valence-electron chi connectivity index (χ1n) is 19.6. The number of nitrogens with zero attached hydrogens (tertiary/aromatic N) is 4. The highest BCUT2D eigenvalue weighted by Gasteiger charge is 2.48. The topological polar surface area (TPSA) is 36.9 Å². The molecule has 0 atom stereocenters. The summed E-state index contributed by atoms with van der Waals surface area (Å²) in [6.07, 6.45) is 6.13. The lowest BCUT2D eigenvalue weighted by Crippen LogP contribution is -2.29. The molecular weight excluding hydrogens is 693 g/mol. The van der Waals surface area contributed by atoms with Crippen LogP contribution in [0.2, 0.25) is 0 Å². The van der Waals surface area contributed by atoms with Gasteiger partial charge in [-0.15, -0.1) is 12.6 Å². The lowest BCUT2D eigenvalue weighted by atomic mass is 9.67. The third-order valence-corrected chi connectivity index (χ3v) is 12.2. The van der Waals surface area contributed by atoms with Crippen molar-refractivity contribution in [2.75, 3.05) is 6.54 Å². The van der Waals surface area contributed by atoms with E-state index in [1.807, 2.05) is 12.3 Å². The van der Waals surface area contributed by atoms with Gasteiger partial charge in [-0.3, -0.25) is 4.98 Å². The van der Waals surface area contributed by atoms with E-state index in [1.165, 1.54) is 66.3 Å². The Kier molecular flexibility index (Phi) is 6.87. The quantitative estimate of drug-likeness (QED) is 0.174. The van der Waals surface area contributed by atoms with Crippen molar-refractivity contribution >= 4 is 44.6 Å². The fourth-order valence-electron chi connectivity index (χ4n) is 9.87. The molecule has 0 spiro atoms. The van der Waals surface area contributed by atoms with E-state index in [2.05, 4.69) is 197 Å². The van der Waals surface area contributed by atoms with Gasteiger partial charge in [-0.1, -0.05) is 145 Å². The normalized spacial score (nSPS) is 13.8. The molecule has 4 heteroatoms. The maximum absolute atomic E-state index is 4.80. The van der Waals surface area contributed by atoms with Crippen molar-refractivity contribution in [2.45, 2.75) is 5.41 Å². The minimum absolute atomic E-state index is 0.522. The molecule has 0 fully saturated rings. The third kappa shape index (κ3) is 4.47. The number of benzene rings is 7. The molecule has 57 heavy (non-hydrogen) atoms. The van der Waals surface area contributed by atoms with Crippen molar-refractivity contribution in [2.24, 2.45) is 0 Å². The van der Waals surface area contributed by atoms with Gasteiger partial charge in [0.2, 0.25) is 0 Å². The van der Waals surface area contributed by atoms with Crippen LogP contribution in [0.3, 0.4) is 0 Å². The highest BCUT2D eigenvalue weighted by molar-refractivity contribution is 6.14. The first-order chi connectivity index (χ1) is 28.3. The van der Waals surface area contributed by atoms with Crippen molar-refractivity contribution in [3.63, 3.8) is 0 Å². The molecule has 7 aromatic carbocycles. The Morgan fingerprint density at radius 3 is 1.88 bits per heavy atom. The third-order valence-electron chi connectivity index (χ3n) is 12.2. The maximum Gasteiger partial charge on any atom is 0.0742 e. The summed E-state index contributed by atoms with van der Waals surface area (Å²) in [5.41, 5.74) is 18.3. The van der Waals surface area contributed by atoms with Gasteiger partial charge in [0.25, 0.3) is 0 Å². The average molecular weight is 728 g/mol. The number of hydrogen-bond acceptors (Lipinski definition) is 1. The van der Waals surface area contributed by atoms with Crippen LogP contribution >= 0.6 is 0 Å². The van der Waals surface area contributed by atoms with Gasteiger partial charge in [-0.25, -0.2) is 0 Å². The van der Waals surface area contributed by atoms with Crippen LogP contribution in [0.4, 0.5) is 5.69 Å². The van der Waals surface area contributed by atoms with E-state index < -0.39 is 5.41 Å². The Morgan fingerprint density at radius 1 is 0.509 bits per heavy atom. The van der Waals surface area contributed by atoms with Gasteiger partial charge in [0.15, 0.2) is 0 Å². The van der Waals surface area contributed by atoms with E-state index in [4.69, 9.17) is 10.3 Å². The second-order valence-corrected chi connectivity index (χ2v) is 15.0. The van der Waals surface area contributed by atoms with Gasteiger partial charge in [0.1, 0.15) is 0 Å². The predicted octanol–water partition coefficient (Wildman–Crippen LogP) is 13.2. The van der Waals surface area contributed by atoms with Gasteiger partial charge in [-0.2, -0.15) is 0 Å². The molecule has 0 N–H and O–H groups in total. The lowest BCUT2D eigenvalue weighted by Gasteiger charge is -2.34. The number of para-hydroxylation sites is 1. The van der Waals surface area contributed by atoms with Crippen molar-refractivity contribution in [3.8, 4) is 33.6 Å². The summed E-state index contributed by atoms with van der Waals surface area (Å²) < 4.78 is 4.78. The van der Waals surface area contributed by atoms with E-state index >= 15 is 0 Å². The number of fused-ring (bicyclic) bond motifs is 10. The standard InChI is InChI=1S/C53H35N4/c1-3-13-37(14-4-1)53(38-15-5-2-6-16-38)45-19-9-7-17-41(45)43-31-32-44-42-18-8-10-20-46(42)57(52(44)49(43)53)40-29-25-36(26-30-40)35-23-27-39(28-24-35)56-47-21-11-33-54-50(47)51-48(56)22-12-34-55-51/h1-33H,34H2/q-1. The molecule has 0 saturated carbocycles. The summed E-state index contributed by atoms with van der Waals surface area (Å²) in [6, 6.07) is 66.9. The van der Waals surface area contributed by atoms with Crippen molar-refractivity contribution in [1.82, 2.24) is 14.1 Å². The summed E-state index contributed by atoms with van der Waals surface area (Å²) in [7, 11) is 0. The number of hydrogen-bond donors (Lipinski definition) is 0. The number of pyridine rings is 1. The van der Waals surface area contributed by atoms with Crippen LogP contribution in [-0.2, 0) is 5.41 Å². The summed E-state index contributed by atoms with van der Waals surface area (Å²) in [5.74, 6) is 0. The molecule has 0 amide bonds. The maximum atomic E-state index is 4.80. The Labute approximate surface area is 330 Å². The van der Waals surface area contributed by atoms with Crippen molar-refractivity contribution in [3.05, 3.63) is 228 Å². The van der Waals surface area contributed by atoms with Crippen molar-refractivity contribution < 1.29 is 0 Å². The molecule has 0 radical (unpaired) electrons. The average Bonchev–Trinajstić information content (AvgIpc) is 3.92. The van der Waals surface area contributed by atoms with Gasteiger partial charge in [0, 0.05) is 39.6 Å². The molecule has 4 nitrogen and oxygen atoms in total. The summed E-state index contributed by atoms with van der Waals surface area (Å²) in [6.45, 7) is 0.684. The first-order valence-corrected chi connectivity index (χ1v) is 19.6. The smallest absolute Gasteiger partial charge is 0.0742 e. The highest BCUT2D eigenvalue weighted by atomic mass is 15.1. The lowest BCUT2D eigenvalue weighted by molar-refractivity contribution is 0.772. The Bertz CT molecular complexity index is 3170. The molecule has 4 heterocycles. The molecule has 2 aliphatic rings. The molecule has 0 saturated heterocycles. The highest BCUT2D eigenvalue weighted by Crippen LogP contribution is 2.59. The molecule has 12 rings (SSSR count). The van der Waals surface area contributed by atoms with E-state index in [1.54, 1.807) is 0 Å². The minimum atomic E-state index is -0.522. The SMILES string of the molecule is C1=Cc2c(c3ncccc3n2-c2ccc(-c3ccc(-n4c5ccccc5c5ccc6c(c54)C(c4ccccc4)(c4ccccc4)c4ccccc4-6)cc3)cc2)[N-]C1. The molecule has 3 aromatic heterocycles. The van der Waals surface area contributed by atoms with Gasteiger partial charge < -0.3 is 14.5 Å². The molecule has 10 aromatic rings. The zero-order valence-corrected chi connectivity index (χ0v) is 31.0. The fraction of sp³-hybridized carbons (Fsp3) is 0.0377. The van der Waals surface area contributed by atoms with Gasteiger partial charge in [0.05, 0.1) is 27.5 Å². The van der Waals surface area contributed by atoms with E-state index in [9.17, 15) is 0 Å². The van der Waals surface area contributed by atoms with E-state index in [0.717, 1.165) is 33.8 Å². The second kappa shape index (κ2) is 12.3. The minimum Gasteiger partial charge on any atom is -0.678 e. The Balaban J connectivity index is 1.05. The van der Waals surface area contributed by atoms with E-state index in [-0.39, 0.29) is 0 Å². The second-order valence-electron chi connectivity index (χ2n) is 15.0. The van der Waals surface area contributed by atoms with Gasteiger partial charge >= 0.3 is 0 Å². The predicted molar refractivity (Wildman–Crippen MR) is 235 cm³/mol. The van der Waals surface area contributed by atoms with Crippen LogP contribution in [0.5, 0.6) is 0 Å². The van der Waals surface area contributed by atoms with E-state index in [0.29, 0.717) is 6.54 Å². The monoisotopic (exact) mass is 727 g/mol. The largest absolute Gasteiger partial charge is 0.678 e. The van der Waals surface area contributed by atoms with Crippen LogP contribution in [0.15, 0.2) is 194 Å². The summed E-state index contributed by atoms with van der Waals surface area (Å²) in [5, 5.41) is 7.30. The molecule has 1 aliphatic carbocycles. The Morgan fingerprint density at radius 2 is 1.14 bits per heavy atom. The fourth-order valence-corrected chi connectivity index (χ4v) is 9.87. The molecule has 1 aliphatic heterocycles. The number of aromatic nitrogens is 3. The summed E-state index contributed by atoms with van der Waals surface area (Å²) >= 11 is 0. The molecule has 0 unspecified atom stereocenters. The van der Waals surface area contributed by atoms with Crippen molar-refractivity contribution in [1.29, 1.82) is 0 Å². The zero-order chi connectivity index (χ0) is 37.5. The molecular formula is C53H35N4-. The van der Waals surface area contributed by atoms with Crippen LogP contribution in [0, 0.1) is 0 Å². The van der Waals surface area contributed by atoms with Crippen LogP contribution in [0.1, 0.15) is 27.9 Å². The molecule has 0 bridgehead atoms. The summed E-state index contributed by atoms with van der Waals surface area (Å²) in [4.78, 5) is 4.69. The first kappa shape index (κ1) is 31.9. The zero-order valence-electron chi connectivity index (χ0n) is 31.0. The number of rotatable bonds is 5. The molecule has 268 valence electrons. The van der Waals surface area contributed by atoms with Crippen LogP contribution < -0.4 is 0 Å². The van der Waals surface area contributed by atoms with Crippen LogP contribution in [-0.4, -0.2) is 20.7 Å².